The van der Waals surface area contributed by atoms with Gasteiger partial charge in [0.05, 0.1) is 28.1 Å². The molecule has 0 aliphatic carbocycles. The topological polar surface area (TPSA) is 114 Å². The SMILES string of the molecule is Cc1ncc(CO)c(N(C)CCCS(=O)(=O)[O-])c1O.[Li+]. The third-order valence-electron chi connectivity index (χ3n) is 2.73. The molecule has 0 amide bonds. The number of anilines is 1. The van der Waals surface area contributed by atoms with Crippen molar-refractivity contribution < 1.29 is 42.0 Å². The summed E-state index contributed by atoms with van der Waals surface area (Å²) in [6.45, 7) is 1.60. The quantitative estimate of drug-likeness (QED) is 0.424. The Balaban J connectivity index is 0.00000361. The molecule has 0 bridgehead atoms. The van der Waals surface area contributed by atoms with Crippen LogP contribution in [0.25, 0.3) is 0 Å². The Labute approximate surface area is 130 Å². The number of hydrogen-bond acceptors (Lipinski definition) is 7. The normalized spacial score (nSPS) is 11.0. The molecule has 0 atom stereocenters. The van der Waals surface area contributed by atoms with Crippen LogP contribution in [-0.4, -0.2) is 47.5 Å². The first-order valence-corrected chi connectivity index (χ1v) is 7.27. The maximum Gasteiger partial charge on any atom is 1.00 e. The molecule has 9 heteroatoms. The molecule has 0 aromatic carbocycles. The molecule has 0 aliphatic rings. The van der Waals surface area contributed by atoms with Gasteiger partial charge >= 0.3 is 18.9 Å². The molecule has 20 heavy (non-hydrogen) atoms. The summed E-state index contributed by atoms with van der Waals surface area (Å²) in [5, 5.41) is 19.2. The van der Waals surface area contributed by atoms with Gasteiger partial charge in [-0.1, -0.05) is 0 Å². The third kappa shape index (κ3) is 5.30. The largest absolute Gasteiger partial charge is 1.00 e. The fourth-order valence-corrected chi connectivity index (χ4v) is 2.24. The summed E-state index contributed by atoms with van der Waals surface area (Å²) in [4.78, 5) is 5.53. The van der Waals surface area contributed by atoms with Crippen LogP contribution in [0.3, 0.4) is 0 Å². The van der Waals surface area contributed by atoms with E-state index in [2.05, 4.69) is 4.98 Å². The van der Waals surface area contributed by atoms with Crippen LogP contribution in [-0.2, 0) is 16.7 Å². The van der Waals surface area contributed by atoms with Crippen LogP contribution in [0.2, 0.25) is 0 Å². The van der Waals surface area contributed by atoms with E-state index in [4.69, 9.17) is 0 Å². The summed E-state index contributed by atoms with van der Waals surface area (Å²) < 4.78 is 31.6. The minimum absolute atomic E-state index is 0. The maximum atomic E-state index is 10.5. The van der Waals surface area contributed by atoms with Crippen LogP contribution >= 0.6 is 0 Å². The molecule has 2 N–H and O–H groups in total. The van der Waals surface area contributed by atoms with E-state index in [9.17, 15) is 23.2 Å². The summed E-state index contributed by atoms with van der Waals surface area (Å²) in [5.74, 6) is -0.518. The number of aromatic hydroxyl groups is 1. The molecule has 1 aromatic heterocycles. The molecule has 0 saturated carbocycles. The molecule has 1 heterocycles. The average molecular weight is 296 g/mol. The first-order chi connectivity index (χ1) is 8.76. The number of aryl methyl sites for hydroxylation is 1. The van der Waals surface area contributed by atoms with Crippen LogP contribution < -0.4 is 23.8 Å². The monoisotopic (exact) mass is 296 g/mol. The standard InChI is InChI=1S/C11H18N2O5S.Li/c1-8-11(15)10(9(7-14)6-12-8)13(2)4-3-5-19(16,17)18;/h6,14-15H,3-5,7H2,1-2H3,(H,16,17,18);/q;+1/p-1. The summed E-state index contributed by atoms with van der Waals surface area (Å²) >= 11 is 0. The van der Waals surface area contributed by atoms with Crippen LogP contribution in [0.5, 0.6) is 5.75 Å². The predicted octanol–water partition coefficient (Wildman–Crippen LogP) is -3.04. The molecule has 0 saturated heterocycles. The first-order valence-electron chi connectivity index (χ1n) is 5.69. The van der Waals surface area contributed by atoms with Gasteiger partial charge in [-0.15, -0.1) is 0 Å². The smallest absolute Gasteiger partial charge is 0.748 e. The van der Waals surface area contributed by atoms with E-state index in [1.54, 1.807) is 18.9 Å². The van der Waals surface area contributed by atoms with Crippen LogP contribution in [0, 0.1) is 6.92 Å². The van der Waals surface area contributed by atoms with Crippen molar-refractivity contribution in [3.05, 3.63) is 17.5 Å². The molecule has 0 spiro atoms. The van der Waals surface area contributed by atoms with Gasteiger partial charge in [0.15, 0.2) is 5.75 Å². The predicted molar refractivity (Wildman–Crippen MR) is 69.0 cm³/mol. The number of nitrogens with zero attached hydrogens (tertiary/aromatic N) is 2. The van der Waals surface area contributed by atoms with Crippen molar-refractivity contribution in [2.24, 2.45) is 0 Å². The molecule has 1 rings (SSSR count). The van der Waals surface area contributed by atoms with E-state index in [-0.39, 0.29) is 44.2 Å². The molecule has 0 fully saturated rings. The van der Waals surface area contributed by atoms with Gasteiger partial charge < -0.3 is 19.7 Å². The number of hydrogen-bond donors (Lipinski definition) is 2. The molecule has 1 aromatic rings. The van der Waals surface area contributed by atoms with E-state index in [0.717, 1.165) is 0 Å². The van der Waals surface area contributed by atoms with Crippen molar-refractivity contribution in [2.45, 2.75) is 20.0 Å². The Morgan fingerprint density at radius 1 is 1.45 bits per heavy atom. The van der Waals surface area contributed by atoms with Gasteiger partial charge in [-0.2, -0.15) is 0 Å². The second kappa shape index (κ2) is 7.86. The molecule has 0 radical (unpaired) electrons. The molecule has 108 valence electrons. The van der Waals surface area contributed by atoms with Gasteiger partial charge in [0.25, 0.3) is 0 Å². The van der Waals surface area contributed by atoms with E-state index < -0.39 is 15.9 Å². The Hall–Kier alpha value is -0.783. The molecule has 7 nitrogen and oxygen atoms in total. The zero-order valence-electron chi connectivity index (χ0n) is 11.8. The first kappa shape index (κ1) is 19.2. The van der Waals surface area contributed by atoms with Crippen molar-refractivity contribution in [3.63, 3.8) is 0 Å². The second-order valence-corrected chi connectivity index (χ2v) is 5.78. The van der Waals surface area contributed by atoms with Crippen molar-refractivity contribution in [1.29, 1.82) is 0 Å². The zero-order valence-corrected chi connectivity index (χ0v) is 12.6. The van der Waals surface area contributed by atoms with Gasteiger partial charge in [0, 0.05) is 31.1 Å². The maximum absolute atomic E-state index is 10.5. The number of rotatable bonds is 6. The number of aromatic nitrogens is 1. The summed E-state index contributed by atoms with van der Waals surface area (Å²) in [6, 6.07) is 0. The fourth-order valence-electron chi connectivity index (χ4n) is 1.75. The molecule has 0 aliphatic heterocycles. The van der Waals surface area contributed by atoms with Crippen LogP contribution in [0.4, 0.5) is 5.69 Å². The van der Waals surface area contributed by atoms with Gasteiger partial charge in [-0.05, 0) is 13.3 Å². The zero-order chi connectivity index (χ0) is 14.6. The van der Waals surface area contributed by atoms with Crippen LogP contribution in [0.15, 0.2) is 6.20 Å². The third-order valence-corrected chi connectivity index (χ3v) is 3.51. The Bertz CT molecular complexity index is 550. The van der Waals surface area contributed by atoms with Gasteiger partial charge in [0.1, 0.15) is 0 Å². The summed E-state index contributed by atoms with van der Waals surface area (Å²) in [7, 11) is -2.59. The second-order valence-electron chi connectivity index (χ2n) is 4.26. The minimum Gasteiger partial charge on any atom is -0.748 e. The molecule has 0 unspecified atom stereocenters. The Morgan fingerprint density at radius 2 is 2.05 bits per heavy atom. The Morgan fingerprint density at radius 3 is 2.55 bits per heavy atom. The van der Waals surface area contributed by atoms with Crippen LogP contribution in [0.1, 0.15) is 17.7 Å². The van der Waals surface area contributed by atoms with Gasteiger partial charge in [-0.3, -0.25) is 4.98 Å². The van der Waals surface area contributed by atoms with Crippen molar-refractivity contribution in [1.82, 2.24) is 4.98 Å². The van der Waals surface area contributed by atoms with Crippen molar-refractivity contribution in [3.8, 4) is 5.75 Å². The van der Waals surface area contributed by atoms with Gasteiger partial charge in [-0.25, -0.2) is 8.42 Å². The van der Waals surface area contributed by atoms with Crippen molar-refractivity contribution in [2.75, 3.05) is 24.2 Å². The van der Waals surface area contributed by atoms with Gasteiger partial charge in [0.2, 0.25) is 0 Å². The number of pyridine rings is 1. The van der Waals surface area contributed by atoms with Crippen molar-refractivity contribution >= 4 is 15.8 Å². The van der Waals surface area contributed by atoms with E-state index in [1.807, 2.05) is 0 Å². The number of aliphatic hydroxyl groups is 1. The number of aliphatic hydroxyl groups excluding tert-OH is 1. The summed E-state index contributed by atoms with van der Waals surface area (Å²) in [6.07, 6.45) is 1.60. The van der Waals surface area contributed by atoms with E-state index in [0.29, 0.717) is 16.9 Å². The fraction of sp³-hybridized carbons (Fsp3) is 0.545. The average Bonchev–Trinajstić information content (AvgIpc) is 2.30. The molecular formula is C11H17LiN2O5S. The minimum atomic E-state index is -4.24. The van der Waals surface area contributed by atoms with E-state index in [1.165, 1.54) is 6.20 Å². The van der Waals surface area contributed by atoms with E-state index >= 15 is 0 Å². The molecular weight excluding hydrogens is 279 g/mol. The summed E-state index contributed by atoms with van der Waals surface area (Å²) in [5.41, 5.74) is 1.25. The Kier molecular flexibility index (Phi) is 7.55.